The zero-order valence-corrected chi connectivity index (χ0v) is 19.1. The molecule has 1 atom stereocenters. The molecule has 1 aliphatic heterocycles. The number of aryl methyl sites for hydroxylation is 2. The summed E-state index contributed by atoms with van der Waals surface area (Å²) in [6, 6.07) is 20.0. The number of halogens is 1. The molecule has 0 spiro atoms. The van der Waals surface area contributed by atoms with Gasteiger partial charge < -0.3 is 13.9 Å². The average molecular weight is 471 g/mol. The smallest absolute Gasteiger partial charge is 0.251 e. The van der Waals surface area contributed by atoms with E-state index in [0.29, 0.717) is 27.2 Å². The molecule has 3 heterocycles. The van der Waals surface area contributed by atoms with Gasteiger partial charge in [-0.2, -0.15) is 0 Å². The molecule has 6 heteroatoms. The largest absolute Gasteiger partial charge is 0.489 e. The van der Waals surface area contributed by atoms with Crippen molar-refractivity contribution in [2.24, 2.45) is 6.98 Å². The van der Waals surface area contributed by atoms with E-state index in [1.807, 2.05) is 61.5 Å². The number of hydrogen-bond donors (Lipinski definition) is 0. The molecular formula is C28H22ClN3O2. The molecule has 0 radical (unpaired) electrons. The summed E-state index contributed by atoms with van der Waals surface area (Å²) in [7, 11) is 0. The summed E-state index contributed by atoms with van der Waals surface area (Å²) in [4.78, 5) is 17.5. The Morgan fingerprint density at radius 3 is 2.76 bits per heavy atom. The number of rotatable bonds is 1. The summed E-state index contributed by atoms with van der Waals surface area (Å²) in [5.74, 6) is 0.615. The third-order valence-electron chi connectivity index (χ3n) is 6.42. The molecule has 0 aliphatic carbocycles. The summed E-state index contributed by atoms with van der Waals surface area (Å²) in [6.07, 6.45) is 3.57. The summed E-state index contributed by atoms with van der Waals surface area (Å²) >= 11 is 6.56. The molecule has 5 aromatic rings. The maximum atomic E-state index is 13.1. The predicted molar refractivity (Wildman–Crippen MR) is 135 cm³/mol. The van der Waals surface area contributed by atoms with E-state index in [2.05, 4.69) is 9.55 Å². The Morgan fingerprint density at radius 2 is 1.94 bits per heavy atom. The maximum absolute atomic E-state index is 13.1. The second-order valence-electron chi connectivity index (χ2n) is 8.52. The van der Waals surface area contributed by atoms with E-state index in [0.717, 1.165) is 32.5 Å². The van der Waals surface area contributed by atoms with E-state index in [4.69, 9.17) is 20.5 Å². The summed E-state index contributed by atoms with van der Waals surface area (Å²) < 4.78 is 33.1. The maximum Gasteiger partial charge on any atom is 0.251 e. The second kappa shape index (κ2) is 7.89. The van der Waals surface area contributed by atoms with Crippen LogP contribution in [0.3, 0.4) is 0 Å². The molecule has 3 aromatic carbocycles. The molecular weight excluding hydrogens is 446 g/mol. The van der Waals surface area contributed by atoms with Crippen LogP contribution in [0.2, 0.25) is 5.02 Å². The number of fused-ring (bicyclic) bond motifs is 6. The van der Waals surface area contributed by atoms with Crippen LogP contribution in [0, 0.1) is 6.92 Å². The molecule has 0 fully saturated rings. The van der Waals surface area contributed by atoms with Crippen molar-refractivity contribution in [2.45, 2.75) is 19.6 Å². The Balaban J connectivity index is 1.74. The van der Waals surface area contributed by atoms with Gasteiger partial charge in [0.25, 0.3) is 5.56 Å². The minimum absolute atomic E-state index is 0.263. The first kappa shape index (κ1) is 17.6. The van der Waals surface area contributed by atoms with Gasteiger partial charge in [-0.25, -0.2) is 4.98 Å². The van der Waals surface area contributed by atoms with E-state index in [1.54, 1.807) is 18.6 Å². The Kier molecular flexibility index (Phi) is 4.09. The fourth-order valence-corrected chi connectivity index (χ4v) is 4.87. The van der Waals surface area contributed by atoms with Crippen LogP contribution in [0.4, 0.5) is 0 Å². The molecule has 0 unspecified atom stereocenters. The molecule has 6 rings (SSSR count). The van der Waals surface area contributed by atoms with Crippen molar-refractivity contribution in [3.8, 4) is 16.9 Å². The lowest BCUT2D eigenvalue weighted by Crippen LogP contribution is -2.17. The highest BCUT2D eigenvalue weighted by molar-refractivity contribution is 6.31. The van der Waals surface area contributed by atoms with Gasteiger partial charge in [0.05, 0.1) is 17.9 Å². The van der Waals surface area contributed by atoms with Crippen molar-refractivity contribution in [2.75, 3.05) is 0 Å². The summed E-state index contributed by atoms with van der Waals surface area (Å²) in [6.45, 7) is -0.383. The van der Waals surface area contributed by atoms with Crippen molar-refractivity contribution in [3.05, 3.63) is 117 Å². The van der Waals surface area contributed by atoms with Gasteiger partial charge >= 0.3 is 0 Å². The van der Waals surface area contributed by atoms with Crippen LogP contribution in [0.15, 0.2) is 84.0 Å². The van der Waals surface area contributed by atoms with Gasteiger partial charge in [-0.1, -0.05) is 35.9 Å². The number of ether oxygens (including phenoxy) is 1. The van der Waals surface area contributed by atoms with Crippen molar-refractivity contribution >= 4 is 22.5 Å². The molecule has 2 aromatic heterocycles. The molecule has 168 valence electrons. The molecule has 0 saturated carbocycles. The molecule has 0 amide bonds. The van der Waals surface area contributed by atoms with E-state index in [9.17, 15) is 4.79 Å². The zero-order chi connectivity index (χ0) is 25.9. The number of pyridine rings is 1. The van der Waals surface area contributed by atoms with Crippen LogP contribution in [0.1, 0.15) is 32.5 Å². The second-order valence-corrected chi connectivity index (χ2v) is 8.93. The summed E-state index contributed by atoms with van der Waals surface area (Å²) in [5.41, 5.74) is 4.82. The lowest BCUT2D eigenvalue weighted by Gasteiger charge is -2.23. The minimum atomic E-state index is -2.63. The van der Waals surface area contributed by atoms with Crippen LogP contribution in [0.25, 0.3) is 22.0 Å². The fraction of sp³-hybridized carbons (Fsp3) is 0.143. The van der Waals surface area contributed by atoms with Crippen molar-refractivity contribution in [3.63, 3.8) is 0 Å². The first-order valence-corrected chi connectivity index (χ1v) is 11.3. The molecule has 6 bridgehead atoms. The van der Waals surface area contributed by atoms with E-state index in [-0.39, 0.29) is 12.6 Å². The van der Waals surface area contributed by atoms with Crippen molar-refractivity contribution < 1.29 is 8.85 Å². The van der Waals surface area contributed by atoms with Crippen molar-refractivity contribution in [1.29, 1.82) is 0 Å². The van der Waals surface area contributed by atoms with Gasteiger partial charge in [0.15, 0.2) is 0 Å². The molecule has 5 nitrogen and oxygen atoms in total. The van der Waals surface area contributed by atoms with E-state index < -0.39 is 12.5 Å². The van der Waals surface area contributed by atoms with Crippen LogP contribution in [0.5, 0.6) is 5.75 Å². The van der Waals surface area contributed by atoms with Gasteiger partial charge in [-0.05, 0) is 65.6 Å². The third-order valence-corrected chi connectivity index (χ3v) is 6.79. The SMILES string of the molecule is [2H]C([2H])([2H])n1c(=O)cc2c3cc(ccc31)[C@H](n1cncc1C)c1ccc(Cl)c(c1)COc1cccc-2c1. The Labute approximate surface area is 206 Å². The molecule has 0 N–H and O–H groups in total. The number of imidazole rings is 1. The van der Waals surface area contributed by atoms with Gasteiger partial charge in [0, 0.05) is 45.0 Å². The number of nitrogens with zero attached hydrogens (tertiary/aromatic N) is 3. The monoisotopic (exact) mass is 470 g/mol. The highest BCUT2D eigenvalue weighted by Crippen LogP contribution is 2.36. The van der Waals surface area contributed by atoms with Gasteiger partial charge in [0.1, 0.15) is 12.4 Å². The quantitative estimate of drug-likeness (QED) is 0.307. The standard InChI is InChI=1S/C28H22ClN3O2/c1-17-14-30-16-32(17)28-19-6-8-25(29)21(10-19)15-34-22-5-3-4-18(11-22)23-13-27(33)31(2)26-9-7-20(28)12-24(23)26/h3-14,16,28H,15H2,1-2H3/t28-/m1/s1/i2D3. The molecule has 0 saturated heterocycles. The number of aromatic nitrogens is 3. The average Bonchev–Trinajstić information content (AvgIpc) is 3.28. The van der Waals surface area contributed by atoms with Gasteiger partial charge in [0.2, 0.25) is 0 Å². The number of benzene rings is 3. The Hall–Kier alpha value is -3.83. The van der Waals surface area contributed by atoms with E-state index >= 15 is 0 Å². The first-order chi connectivity index (χ1) is 17.7. The zero-order valence-electron chi connectivity index (χ0n) is 21.3. The molecule has 34 heavy (non-hydrogen) atoms. The topological polar surface area (TPSA) is 49.0 Å². The lowest BCUT2D eigenvalue weighted by atomic mass is 9.93. The van der Waals surface area contributed by atoms with E-state index in [1.165, 1.54) is 6.07 Å². The number of hydrogen-bond acceptors (Lipinski definition) is 3. The van der Waals surface area contributed by atoms with Crippen molar-refractivity contribution in [1.82, 2.24) is 14.1 Å². The van der Waals surface area contributed by atoms with Crippen LogP contribution in [-0.4, -0.2) is 14.1 Å². The van der Waals surface area contributed by atoms with Crippen LogP contribution in [-0.2, 0) is 13.6 Å². The van der Waals surface area contributed by atoms with Gasteiger partial charge in [-0.3, -0.25) is 4.79 Å². The normalized spacial score (nSPS) is 16.5. The third kappa shape index (κ3) is 3.32. The summed E-state index contributed by atoms with van der Waals surface area (Å²) in [5, 5.41) is 1.26. The Morgan fingerprint density at radius 1 is 1.09 bits per heavy atom. The van der Waals surface area contributed by atoms with Crippen LogP contribution < -0.4 is 10.3 Å². The van der Waals surface area contributed by atoms with Crippen LogP contribution >= 0.6 is 11.6 Å². The fourth-order valence-electron chi connectivity index (χ4n) is 4.70. The minimum Gasteiger partial charge on any atom is -0.489 e. The first-order valence-electron chi connectivity index (χ1n) is 12.4. The predicted octanol–water partition coefficient (Wildman–Crippen LogP) is 5.89. The highest BCUT2D eigenvalue weighted by atomic mass is 35.5. The lowest BCUT2D eigenvalue weighted by molar-refractivity contribution is 0.306. The Bertz CT molecular complexity index is 1740. The van der Waals surface area contributed by atoms with Gasteiger partial charge in [-0.15, -0.1) is 0 Å². The molecule has 1 aliphatic rings. The highest BCUT2D eigenvalue weighted by Gasteiger charge is 2.21.